The Morgan fingerprint density at radius 3 is 2.50 bits per heavy atom. The number of thiophene rings is 1. The number of aliphatic carboxylic acids is 1. The van der Waals surface area contributed by atoms with E-state index < -0.39 is 17.9 Å². The zero-order chi connectivity index (χ0) is 22.6. The minimum Gasteiger partial charge on any atom is -0.481 e. The zero-order valence-corrected chi connectivity index (χ0v) is 18.9. The van der Waals surface area contributed by atoms with Crippen molar-refractivity contribution in [2.24, 2.45) is 10.9 Å². The van der Waals surface area contributed by atoms with Gasteiger partial charge in [-0.2, -0.15) is 5.10 Å². The quantitative estimate of drug-likeness (QED) is 0.487. The summed E-state index contributed by atoms with van der Waals surface area (Å²) >= 11 is 1.66. The van der Waals surface area contributed by atoms with Crippen molar-refractivity contribution in [1.29, 1.82) is 0 Å². The molecule has 0 amide bonds. The largest absolute Gasteiger partial charge is 0.481 e. The summed E-state index contributed by atoms with van der Waals surface area (Å²) in [6.45, 7) is 7.73. The van der Waals surface area contributed by atoms with Crippen LogP contribution in [0.4, 0.5) is 0 Å². The van der Waals surface area contributed by atoms with Crippen LogP contribution in [-0.4, -0.2) is 41.7 Å². The van der Waals surface area contributed by atoms with Crippen LogP contribution >= 0.6 is 11.3 Å². The van der Waals surface area contributed by atoms with E-state index in [9.17, 15) is 9.90 Å². The highest BCUT2D eigenvalue weighted by Gasteiger charge is 2.36. The van der Waals surface area contributed by atoms with E-state index in [1.165, 1.54) is 4.88 Å². The van der Waals surface area contributed by atoms with Gasteiger partial charge in [-0.15, -0.1) is 21.5 Å². The van der Waals surface area contributed by atoms with Gasteiger partial charge in [0.1, 0.15) is 16.9 Å². The molecule has 2 N–H and O–H groups in total. The summed E-state index contributed by atoms with van der Waals surface area (Å²) in [6, 6.07) is 7.46. The van der Waals surface area contributed by atoms with Crippen LogP contribution in [0.1, 0.15) is 46.2 Å². The van der Waals surface area contributed by atoms with Crippen LogP contribution < -0.4 is 0 Å². The van der Waals surface area contributed by atoms with Crippen LogP contribution in [0.25, 0.3) is 16.1 Å². The van der Waals surface area contributed by atoms with Gasteiger partial charge in [0.05, 0.1) is 17.8 Å². The van der Waals surface area contributed by atoms with Gasteiger partial charge in [0, 0.05) is 27.8 Å². The maximum absolute atomic E-state index is 11.9. The number of carbonyl (C=O) groups is 1. The predicted molar refractivity (Wildman–Crippen MR) is 123 cm³/mol. The third kappa shape index (κ3) is 3.08. The first-order chi connectivity index (χ1) is 15.4. The van der Waals surface area contributed by atoms with E-state index in [1.54, 1.807) is 24.5 Å². The molecule has 3 aromatic heterocycles. The summed E-state index contributed by atoms with van der Waals surface area (Å²) in [4.78, 5) is 18.2. The Balaban J connectivity index is 1.74. The van der Waals surface area contributed by atoms with Crippen LogP contribution in [0.2, 0.25) is 0 Å². The lowest BCUT2D eigenvalue weighted by atomic mass is 9.97. The standard InChI is InChI=1S/C23H22N6O2S/c1-11-13(3)32-22-18(11)20(16-7-5-15(6-8-16)17-9-24-25-10-17)26-19(12(2)23(30)31)21-28-27-14(4)29(21)22/h5-10,12,19H,1-4H3,(H,24,25)(H,30,31)/t12-,19?/m0/s1. The number of aromatic amines is 1. The molecule has 162 valence electrons. The van der Waals surface area contributed by atoms with Crippen molar-refractivity contribution in [2.45, 2.75) is 33.7 Å². The number of nitrogens with zero attached hydrogens (tertiary/aromatic N) is 5. The number of H-pyrrole nitrogens is 1. The van der Waals surface area contributed by atoms with E-state index in [0.717, 1.165) is 44.4 Å². The number of hydrogen-bond donors (Lipinski definition) is 2. The third-order valence-corrected chi connectivity index (χ3v) is 7.23. The van der Waals surface area contributed by atoms with Crippen LogP contribution in [0.5, 0.6) is 0 Å². The Bertz CT molecular complexity index is 1350. The van der Waals surface area contributed by atoms with Crippen molar-refractivity contribution >= 4 is 23.0 Å². The van der Waals surface area contributed by atoms with E-state index in [-0.39, 0.29) is 0 Å². The van der Waals surface area contributed by atoms with E-state index >= 15 is 0 Å². The van der Waals surface area contributed by atoms with Gasteiger partial charge in [0.2, 0.25) is 0 Å². The van der Waals surface area contributed by atoms with Gasteiger partial charge in [-0.25, -0.2) is 0 Å². The van der Waals surface area contributed by atoms with Crippen molar-refractivity contribution in [2.75, 3.05) is 0 Å². The molecule has 8 nitrogen and oxygen atoms in total. The molecule has 32 heavy (non-hydrogen) atoms. The van der Waals surface area contributed by atoms with Gasteiger partial charge in [-0.3, -0.25) is 19.5 Å². The fraction of sp³-hybridized carbons (Fsp3) is 0.261. The molecule has 5 rings (SSSR count). The summed E-state index contributed by atoms with van der Waals surface area (Å²) in [6.07, 6.45) is 3.63. The van der Waals surface area contributed by atoms with Gasteiger partial charge in [-0.1, -0.05) is 24.3 Å². The molecule has 0 spiro atoms. The Labute approximate surface area is 188 Å². The topological polar surface area (TPSA) is 109 Å². The number of nitrogens with one attached hydrogen (secondary N) is 1. The minimum absolute atomic E-state index is 0.560. The summed E-state index contributed by atoms with van der Waals surface area (Å²) in [5.41, 5.74) is 5.89. The van der Waals surface area contributed by atoms with Gasteiger partial charge < -0.3 is 5.11 Å². The molecule has 1 aliphatic rings. The first kappa shape index (κ1) is 20.3. The molecule has 1 unspecified atom stereocenters. The van der Waals surface area contributed by atoms with Gasteiger partial charge >= 0.3 is 5.97 Å². The third-order valence-electron chi connectivity index (χ3n) is 6.04. The van der Waals surface area contributed by atoms with Crippen molar-refractivity contribution in [3.8, 4) is 16.1 Å². The Morgan fingerprint density at radius 2 is 1.84 bits per heavy atom. The Kier molecular flexibility index (Phi) is 4.78. The molecule has 0 radical (unpaired) electrons. The monoisotopic (exact) mass is 446 g/mol. The first-order valence-corrected chi connectivity index (χ1v) is 11.1. The van der Waals surface area contributed by atoms with Crippen LogP contribution in [-0.2, 0) is 4.79 Å². The summed E-state index contributed by atoms with van der Waals surface area (Å²) in [7, 11) is 0. The molecule has 0 aliphatic carbocycles. The molecule has 4 aromatic rings. The number of aliphatic imine (C=N–C) groups is 1. The van der Waals surface area contributed by atoms with E-state index in [2.05, 4.69) is 34.2 Å². The van der Waals surface area contributed by atoms with Gasteiger partial charge in [0.25, 0.3) is 0 Å². The average Bonchev–Trinajstić information content (AvgIpc) is 3.48. The van der Waals surface area contributed by atoms with Gasteiger partial charge in [-0.05, 0) is 38.8 Å². The molecule has 0 saturated heterocycles. The van der Waals surface area contributed by atoms with E-state index in [1.807, 2.05) is 42.0 Å². The number of fused-ring (bicyclic) bond motifs is 3. The average molecular weight is 447 g/mol. The number of benzene rings is 1. The summed E-state index contributed by atoms with van der Waals surface area (Å²) < 4.78 is 1.97. The second-order valence-electron chi connectivity index (χ2n) is 8.02. The fourth-order valence-electron chi connectivity index (χ4n) is 4.05. The molecular weight excluding hydrogens is 424 g/mol. The number of carboxylic acid groups (broad SMARTS) is 1. The van der Waals surface area contributed by atoms with Crippen molar-refractivity contribution in [3.63, 3.8) is 0 Å². The smallest absolute Gasteiger partial charge is 0.308 e. The van der Waals surface area contributed by atoms with Crippen molar-refractivity contribution < 1.29 is 9.90 Å². The predicted octanol–water partition coefficient (Wildman–Crippen LogP) is 4.26. The van der Waals surface area contributed by atoms with Crippen LogP contribution in [0, 0.1) is 26.7 Å². The summed E-state index contributed by atoms with van der Waals surface area (Å²) in [5.74, 6) is -0.395. The number of rotatable bonds is 4. The normalized spacial score (nSPS) is 16.1. The van der Waals surface area contributed by atoms with Crippen molar-refractivity contribution in [3.05, 3.63) is 69.9 Å². The number of hydrogen-bond acceptors (Lipinski definition) is 6. The minimum atomic E-state index is -0.918. The zero-order valence-electron chi connectivity index (χ0n) is 18.1. The van der Waals surface area contributed by atoms with Crippen LogP contribution in [0.3, 0.4) is 0 Å². The molecule has 1 aliphatic heterocycles. The molecule has 0 fully saturated rings. The fourth-order valence-corrected chi connectivity index (χ4v) is 5.26. The maximum atomic E-state index is 11.9. The van der Waals surface area contributed by atoms with Crippen molar-refractivity contribution in [1.82, 2.24) is 25.0 Å². The lowest BCUT2D eigenvalue weighted by molar-refractivity contribution is -0.141. The number of aryl methyl sites for hydroxylation is 2. The number of aromatic nitrogens is 5. The second-order valence-corrected chi connectivity index (χ2v) is 9.22. The Hall–Kier alpha value is -3.59. The number of carboxylic acids is 1. The maximum Gasteiger partial charge on any atom is 0.308 e. The highest BCUT2D eigenvalue weighted by atomic mass is 32.1. The lowest BCUT2D eigenvalue weighted by Crippen LogP contribution is -2.21. The van der Waals surface area contributed by atoms with Crippen LogP contribution in [0.15, 0.2) is 41.7 Å². The van der Waals surface area contributed by atoms with Gasteiger partial charge in [0.15, 0.2) is 5.82 Å². The summed E-state index contributed by atoms with van der Waals surface area (Å²) in [5, 5.41) is 26.2. The van der Waals surface area contributed by atoms with E-state index in [4.69, 9.17) is 4.99 Å². The van der Waals surface area contributed by atoms with E-state index in [0.29, 0.717) is 5.82 Å². The molecule has 1 aromatic carbocycles. The molecule has 0 bridgehead atoms. The second kappa shape index (κ2) is 7.52. The lowest BCUT2D eigenvalue weighted by Gasteiger charge is -2.16. The molecule has 2 atom stereocenters. The SMILES string of the molecule is Cc1sc2c(c1C)C(c1ccc(-c3cn[nH]c3)cc1)=NC([C@H](C)C(=O)O)c1nnc(C)n1-2. The Morgan fingerprint density at radius 1 is 1.12 bits per heavy atom. The molecule has 9 heteroatoms. The highest BCUT2D eigenvalue weighted by Crippen LogP contribution is 2.40. The highest BCUT2D eigenvalue weighted by molar-refractivity contribution is 7.15. The molecular formula is C23H22N6O2S. The first-order valence-electron chi connectivity index (χ1n) is 10.3. The molecule has 0 saturated carbocycles. The molecule has 4 heterocycles.